The average Bonchev–Trinajstić information content (AvgIpc) is 2.08. The Bertz CT molecular complexity index is 234. The van der Waals surface area contributed by atoms with Crippen LogP contribution in [0.15, 0.2) is 4.47 Å². The fraction of sp³-hybridized carbons (Fsp3) is 0. The molecule has 1 aromatic carbocycles. The second kappa shape index (κ2) is 2.93. The van der Waals surface area contributed by atoms with Crippen molar-refractivity contribution in [3.8, 4) is 0 Å². The number of nitrogen functional groups attached to an aromatic ring is 1. The van der Waals surface area contributed by atoms with Crippen molar-refractivity contribution in [2.24, 2.45) is 0 Å². The van der Waals surface area contributed by atoms with Crippen molar-refractivity contribution in [1.29, 1.82) is 0 Å². The van der Waals surface area contributed by atoms with Crippen LogP contribution in [-0.2, 0) is 0 Å². The number of anilines is 1. The van der Waals surface area contributed by atoms with Gasteiger partial charge in [0.1, 0.15) is 5.69 Å². The Kier molecular flexibility index (Phi) is 2.27. The van der Waals surface area contributed by atoms with Crippen LogP contribution in [0.4, 0.5) is 23.2 Å². The van der Waals surface area contributed by atoms with Gasteiger partial charge in [0.05, 0.1) is 4.47 Å². The van der Waals surface area contributed by atoms with E-state index in [9.17, 15) is 17.6 Å². The highest BCUT2D eigenvalue weighted by Crippen LogP contribution is 2.29. The molecule has 6 heteroatoms. The van der Waals surface area contributed by atoms with Crippen LogP contribution in [0, 0.1) is 23.3 Å². The summed E-state index contributed by atoms with van der Waals surface area (Å²) in [5.74, 6) is -6.47. The molecule has 0 heterocycles. The molecule has 0 saturated carbocycles. The molecule has 0 fully saturated rings. The maximum absolute atomic E-state index is 12.6. The van der Waals surface area contributed by atoms with E-state index in [-0.39, 0.29) is 0 Å². The Labute approximate surface area is 73.3 Å². The highest BCUT2D eigenvalue weighted by Gasteiger charge is 2.21. The molecule has 0 aliphatic heterocycles. The highest BCUT2D eigenvalue weighted by molar-refractivity contribution is 9.10. The lowest BCUT2D eigenvalue weighted by Gasteiger charge is -2.03. The van der Waals surface area contributed by atoms with Gasteiger partial charge in [-0.1, -0.05) is 0 Å². The van der Waals surface area contributed by atoms with Crippen LogP contribution >= 0.6 is 15.9 Å². The van der Waals surface area contributed by atoms with Gasteiger partial charge in [0, 0.05) is 0 Å². The second-order valence-corrected chi connectivity index (χ2v) is 2.78. The van der Waals surface area contributed by atoms with Crippen molar-refractivity contribution in [3.05, 3.63) is 27.7 Å². The molecule has 0 bridgehead atoms. The molecule has 0 saturated heterocycles. The molecule has 0 atom stereocenters. The molecule has 1 rings (SSSR count). The first-order valence-electron chi connectivity index (χ1n) is 2.73. The van der Waals surface area contributed by atoms with E-state index in [1.54, 1.807) is 0 Å². The smallest absolute Gasteiger partial charge is 0.197 e. The first-order chi connectivity index (χ1) is 5.46. The number of halogens is 5. The SMILES string of the molecule is Nc1c(F)c(F)c(F)c(Br)c1F. The Morgan fingerprint density at radius 3 is 1.83 bits per heavy atom. The molecule has 0 radical (unpaired) electrons. The molecule has 1 nitrogen and oxygen atoms in total. The molecule has 0 aliphatic carbocycles. The third-order valence-electron chi connectivity index (χ3n) is 1.24. The molecule has 66 valence electrons. The third-order valence-corrected chi connectivity index (χ3v) is 1.94. The topological polar surface area (TPSA) is 26.0 Å². The molecule has 0 aromatic heterocycles. The summed E-state index contributed by atoms with van der Waals surface area (Å²) in [5, 5.41) is 0. The van der Waals surface area contributed by atoms with Crippen LogP contribution in [0.25, 0.3) is 0 Å². The molecule has 0 aliphatic rings. The van der Waals surface area contributed by atoms with Crippen molar-refractivity contribution in [2.45, 2.75) is 0 Å². The lowest BCUT2D eigenvalue weighted by atomic mass is 10.3. The molecule has 0 spiro atoms. The molecular weight excluding hydrogens is 242 g/mol. The monoisotopic (exact) mass is 243 g/mol. The van der Waals surface area contributed by atoms with Gasteiger partial charge in [-0.15, -0.1) is 0 Å². The Balaban J connectivity index is 3.60. The zero-order valence-electron chi connectivity index (χ0n) is 5.47. The average molecular weight is 244 g/mol. The summed E-state index contributed by atoms with van der Waals surface area (Å²) in [5.41, 5.74) is 3.72. The Morgan fingerprint density at radius 2 is 1.33 bits per heavy atom. The van der Waals surface area contributed by atoms with Crippen LogP contribution in [0.3, 0.4) is 0 Å². The van der Waals surface area contributed by atoms with E-state index in [4.69, 9.17) is 5.73 Å². The van der Waals surface area contributed by atoms with E-state index in [0.29, 0.717) is 0 Å². The summed E-state index contributed by atoms with van der Waals surface area (Å²) < 4.78 is 49.1. The van der Waals surface area contributed by atoms with Crippen molar-refractivity contribution < 1.29 is 17.6 Å². The van der Waals surface area contributed by atoms with Gasteiger partial charge in [0.15, 0.2) is 23.3 Å². The summed E-state index contributed by atoms with van der Waals surface area (Å²) >= 11 is 2.38. The summed E-state index contributed by atoms with van der Waals surface area (Å²) in [6, 6.07) is 0. The molecule has 2 N–H and O–H groups in total. The van der Waals surface area contributed by atoms with Gasteiger partial charge in [-0.25, -0.2) is 17.6 Å². The molecular formula is C6H2BrF4N. The highest BCUT2D eigenvalue weighted by atomic mass is 79.9. The van der Waals surface area contributed by atoms with Gasteiger partial charge in [-0.05, 0) is 15.9 Å². The first-order valence-corrected chi connectivity index (χ1v) is 3.53. The predicted octanol–water partition coefficient (Wildman–Crippen LogP) is 2.59. The summed E-state index contributed by atoms with van der Waals surface area (Å²) in [7, 11) is 0. The molecule has 1 aromatic rings. The minimum Gasteiger partial charge on any atom is -0.394 e. The summed E-state index contributed by atoms with van der Waals surface area (Å²) in [6.45, 7) is 0. The van der Waals surface area contributed by atoms with Crippen LogP contribution in [0.5, 0.6) is 0 Å². The van der Waals surface area contributed by atoms with Gasteiger partial charge >= 0.3 is 0 Å². The summed E-state index contributed by atoms with van der Waals surface area (Å²) in [6.07, 6.45) is 0. The van der Waals surface area contributed by atoms with Gasteiger partial charge in [0.25, 0.3) is 0 Å². The van der Waals surface area contributed by atoms with Crippen molar-refractivity contribution in [1.82, 2.24) is 0 Å². The largest absolute Gasteiger partial charge is 0.394 e. The number of hydrogen-bond donors (Lipinski definition) is 1. The second-order valence-electron chi connectivity index (χ2n) is 1.98. The van der Waals surface area contributed by atoms with Gasteiger partial charge in [-0.2, -0.15) is 0 Å². The normalized spacial score (nSPS) is 10.4. The van der Waals surface area contributed by atoms with E-state index in [1.807, 2.05) is 0 Å². The van der Waals surface area contributed by atoms with Crippen molar-refractivity contribution >= 4 is 21.6 Å². The summed E-state index contributed by atoms with van der Waals surface area (Å²) in [4.78, 5) is 0. The van der Waals surface area contributed by atoms with Crippen molar-refractivity contribution in [2.75, 3.05) is 5.73 Å². The third kappa shape index (κ3) is 1.16. The number of nitrogens with two attached hydrogens (primary N) is 1. The fourth-order valence-electron chi connectivity index (χ4n) is 0.622. The number of benzene rings is 1. The lowest BCUT2D eigenvalue weighted by Crippen LogP contribution is -2.03. The number of hydrogen-bond acceptors (Lipinski definition) is 1. The Morgan fingerprint density at radius 1 is 0.833 bits per heavy atom. The Hall–Kier alpha value is -0.780. The van der Waals surface area contributed by atoms with E-state index >= 15 is 0 Å². The molecule has 0 amide bonds. The zero-order chi connectivity index (χ0) is 9.46. The van der Waals surface area contributed by atoms with Crippen molar-refractivity contribution in [3.63, 3.8) is 0 Å². The van der Waals surface area contributed by atoms with Gasteiger partial charge in [0.2, 0.25) is 0 Å². The van der Waals surface area contributed by atoms with E-state index in [2.05, 4.69) is 15.9 Å². The van der Waals surface area contributed by atoms with E-state index in [0.717, 1.165) is 0 Å². The molecule has 12 heavy (non-hydrogen) atoms. The fourth-order valence-corrected chi connectivity index (χ4v) is 1.01. The molecule has 0 unspecified atom stereocenters. The predicted molar refractivity (Wildman–Crippen MR) is 38.4 cm³/mol. The minimum atomic E-state index is -1.79. The maximum Gasteiger partial charge on any atom is 0.197 e. The minimum absolute atomic E-state index is 0.807. The lowest BCUT2D eigenvalue weighted by molar-refractivity contribution is 0.433. The van der Waals surface area contributed by atoms with E-state index in [1.165, 1.54) is 0 Å². The van der Waals surface area contributed by atoms with E-state index < -0.39 is 33.4 Å². The first kappa shape index (κ1) is 9.31. The van der Waals surface area contributed by atoms with Crippen LogP contribution in [0.1, 0.15) is 0 Å². The standard InChI is InChI=1S/C6H2BrF4N/c7-1-2(8)4(10)5(11)6(12)3(1)9/h12H2. The zero-order valence-corrected chi connectivity index (χ0v) is 7.05. The van der Waals surface area contributed by atoms with Crippen LogP contribution < -0.4 is 5.73 Å². The van der Waals surface area contributed by atoms with Crippen LogP contribution in [-0.4, -0.2) is 0 Å². The van der Waals surface area contributed by atoms with Crippen LogP contribution in [0.2, 0.25) is 0 Å². The number of rotatable bonds is 0. The quantitative estimate of drug-likeness (QED) is 0.323. The maximum atomic E-state index is 12.6. The van der Waals surface area contributed by atoms with Gasteiger partial charge < -0.3 is 5.73 Å². The van der Waals surface area contributed by atoms with Gasteiger partial charge in [-0.3, -0.25) is 0 Å².